The number of aromatic nitrogens is 3. The molecule has 9 nitrogen and oxygen atoms in total. The normalized spacial score (nSPS) is 10.7. The van der Waals surface area contributed by atoms with E-state index in [4.69, 9.17) is 21.1 Å². The zero-order valence-corrected chi connectivity index (χ0v) is 18.3. The Morgan fingerprint density at radius 3 is 2.70 bits per heavy atom. The fraction of sp³-hybridized carbons (Fsp3) is 0.130. The van der Waals surface area contributed by atoms with Crippen LogP contribution in [0.2, 0.25) is 5.02 Å². The Bertz CT molecular complexity index is 1380. The molecule has 0 aliphatic heterocycles. The third-order valence-electron chi connectivity index (χ3n) is 4.69. The lowest BCUT2D eigenvalue weighted by Crippen LogP contribution is -2.19. The maximum absolute atomic E-state index is 12.2. The Morgan fingerprint density at radius 2 is 1.94 bits per heavy atom. The number of rotatable bonds is 6. The quantitative estimate of drug-likeness (QED) is 0.409. The lowest BCUT2D eigenvalue weighted by molar-refractivity contribution is 0.0524. The van der Waals surface area contributed by atoms with Crippen LogP contribution in [0.5, 0.6) is 0 Å². The van der Waals surface area contributed by atoms with Crippen molar-refractivity contribution >= 4 is 40.3 Å². The van der Waals surface area contributed by atoms with Gasteiger partial charge < -0.3 is 19.0 Å². The SMILES string of the molecule is CCOC(=O)c1cc2cc(-n3cnc(COC(=O)Nc4ccccc4)c3)c(Cl)cc2[nH]c1=O. The summed E-state index contributed by atoms with van der Waals surface area (Å²) in [6, 6.07) is 13.7. The minimum atomic E-state index is -0.701. The molecular formula is C23H19ClN4O5. The molecule has 0 saturated heterocycles. The summed E-state index contributed by atoms with van der Waals surface area (Å²) in [7, 11) is 0. The smallest absolute Gasteiger partial charge is 0.412 e. The number of esters is 1. The van der Waals surface area contributed by atoms with Crippen LogP contribution in [0.15, 0.2) is 65.8 Å². The predicted octanol–water partition coefficient (Wildman–Crippen LogP) is 4.29. The van der Waals surface area contributed by atoms with E-state index in [1.807, 2.05) is 6.07 Å². The number of hydrogen-bond acceptors (Lipinski definition) is 6. The van der Waals surface area contributed by atoms with Crippen LogP contribution in [-0.2, 0) is 16.1 Å². The number of amides is 1. The Morgan fingerprint density at radius 1 is 1.15 bits per heavy atom. The van der Waals surface area contributed by atoms with E-state index < -0.39 is 17.6 Å². The van der Waals surface area contributed by atoms with Crippen molar-refractivity contribution in [2.24, 2.45) is 0 Å². The van der Waals surface area contributed by atoms with Crippen molar-refractivity contribution in [2.45, 2.75) is 13.5 Å². The van der Waals surface area contributed by atoms with Crippen molar-refractivity contribution < 1.29 is 19.1 Å². The number of carbonyl (C=O) groups excluding carboxylic acids is 2. The highest BCUT2D eigenvalue weighted by Gasteiger charge is 2.15. The van der Waals surface area contributed by atoms with Gasteiger partial charge >= 0.3 is 12.1 Å². The molecule has 0 atom stereocenters. The summed E-state index contributed by atoms with van der Waals surface area (Å²) in [5.74, 6) is -0.701. The second-order valence-electron chi connectivity index (χ2n) is 6.96. The molecule has 4 aromatic rings. The van der Waals surface area contributed by atoms with Gasteiger partial charge in [0.2, 0.25) is 0 Å². The summed E-state index contributed by atoms with van der Waals surface area (Å²) in [6.07, 6.45) is 2.59. The molecule has 0 spiro atoms. The summed E-state index contributed by atoms with van der Waals surface area (Å²) in [5.41, 5.74) is 1.52. The molecule has 0 fully saturated rings. The van der Waals surface area contributed by atoms with Crippen molar-refractivity contribution in [3.63, 3.8) is 0 Å². The topological polar surface area (TPSA) is 115 Å². The number of fused-ring (bicyclic) bond motifs is 1. The minimum Gasteiger partial charge on any atom is -0.462 e. The van der Waals surface area contributed by atoms with E-state index in [1.54, 1.807) is 54.1 Å². The first kappa shape index (κ1) is 22.1. The van der Waals surface area contributed by atoms with Gasteiger partial charge in [0.05, 0.1) is 29.3 Å². The second kappa shape index (κ2) is 9.58. The zero-order chi connectivity index (χ0) is 23.4. The highest BCUT2D eigenvalue weighted by molar-refractivity contribution is 6.33. The van der Waals surface area contributed by atoms with E-state index in [0.717, 1.165) is 0 Å². The molecule has 0 aliphatic rings. The van der Waals surface area contributed by atoms with Crippen molar-refractivity contribution in [2.75, 3.05) is 11.9 Å². The van der Waals surface area contributed by atoms with Crippen molar-refractivity contribution in [3.8, 4) is 5.69 Å². The summed E-state index contributed by atoms with van der Waals surface area (Å²) in [4.78, 5) is 43.1. The van der Waals surface area contributed by atoms with Gasteiger partial charge in [0.25, 0.3) is 5.56 Å². The molecule has 0 aliphatic carbocycles. The molecule has 168 valence electrons. The standard InChI is InChI=1S/C23H19ClN4O5/c1-2-32-22(30)17-8-14-9-20(18(24)10-19(14)27-21(17)29)28-11-16(25-13-28)12-33-23(31)26-15-6-4-3-5-7-15/h3-11,13H,2,12H2,1H3,(H,26,31)(H,27,29). The van der Waals surface area contributed by atoms with Gasteiger partial charge in [0, 0.05) is 22.8 Å². The van der Waals surface area contributed by atoms with Crippen molar-refractivity contribution in [1.29, 1.82) is 0 Å². The fourth-order valence-electron chi connectivity index (χ4n) is 3.16. The number of ether oxygens (including phenoxy) is 2. The summed E-state index contributed by atoms with van der Waals surface area (Å²) >= 11 is 6.41. The number of nitrogens with zero attached hydrogens (tertiary/aromatic N) is 2. The van der Waals surface area contributed by atoms with E-state index in [2.05, 4.69) is 15.3 Å². The molecule has 4 rings (SSSR count). The Hall–Kier alpha value is -4.11. The van der Waals surface area contributed by atoms with Gasteiger partial charge in [-0.3, -0.25) is 10.1 Å². The lowest BCUT2D eigenvalue weighted by Gasteiger charge is -2.09. The van der Waals surface area contributed by atoms with E-state index >= 15 is 0 Å². The van der Waals surface area contributed by atoms with Gasteiger partial charge in [-0.1, -0.05) is 29.8 Å². The molecule has 2 N–H and O–H groups in total. The number of anilines is 1. The molecule has 10 heteroatoms. The maximum atomic E-state index is 12.2. The number of halogens is 1. The number of nitrogens with one attached hydrogen (secondary N) is 2. The van der Waals surface area contributed by atoms with Gasteiger partial charge in [-0.25, -0.2) is 14.6 Å². The second-order valence-corrected chi connectivity index (χ2v) is 7.37. The average molecular weight is 467 g/mol. The molecule has 0 radical (unpaired) electrons. The fourth-order valence-corrected chi connectivity index (χ4v) is 3.42. The molecule has 2 aromatic heterocycles. The van der Waals surface area contributed by atoms with E-state index in [1.165, 1.54) is 12.4 Å². The van der Waals surface area contributed by atoms with Gasteiger partial charge in [0.1, 0.15) is 12.2 Å². The highest BCUT2D eigenvalue weighted by atomic mass is 35.5. The summed E-state index contributed by atoms with van der Waals surface area (Å²) in [6.45, 7) is 1.78. The minimum absolute atomic E-state index is 0.0445. The first-order chi connectivity index (χ1) is 15.9. The Balaban J connectivity index is 1.53. The number of imidazole rings is 1. The third-order valence-corrected chi connectivity index (χ3v) is 5.00. The van der Waals surface area contributed by atoms with E-state index in [-0.39, 0.29) is 18.8 Å². The largest absolute Gasteiger partial charge is 0.462 e. The van der Waals surface area contributed by atoms with Gasteiger partial charge in [-0.2, -0.15) is 0 Å². The molecule has 0 bridgehead atoms. The van der Waals surface area contributed by atoms with E-state index in [9.17, 15) is 14.4 Å². The van der Waals surface area contributed by atoms with Gasteiger partial charge in [0.15, 0.2) is 0 Å². The van der Waals surface area contributed by atoms with Crippen molar-refractivity contribution in [3.05, 3.63) is 87.7 Å². The molecule has 0 saturated carbocycles. The number of pyridine rings is 1. The van der Waals surface area contributed by atoms with Crippen LogP contribution in [0.1, 0.15) is 23.0 Å². The van der Waals surface area contributed by atoms with Gasteiger partial charge in [-0.15, -0.1) is 0 Å². The lowest BCUT2D eigenvalue weighted by atomic mass is 10.1. The van der Waals surface area contributed by atoms with Crippen LogP contribution in [0.25, 0.3) is 16.6 Å². The predicted molar refractivity (Wildman–Crippen MR) is 123 cm³/mol. The number of para-hydroxylation sites is 1. The average Bonchev–Trinajstić information content (AvgIpc) is 3.26. The van der Waals surface area contributed by atoms with Crippen LogP contribution in [0.4, 0.5) is 10.5 Å². The molecule has 1 amide bonds. The van der Waals surface area contributed by atoms with Crippen LogP contribution < -0.4 is 10.9 Å². The van der Waals surface area contributed by atoms with Gasteiger partial charge in [-0.05, 0) is 37.3 Å². The van der Waals surface area contributed by atoms with Crippen LogP contribution in [-0.4, -0.2) is 33.2 Å². The number of carbonyl (C=O) groups is 2. The molecule has 33 heavy (non-hydrogen) atoms. The zero-order valence-electron chi connectivity index (χ0n) is 17.5. The molecule has 2 aromatic carbocycles. The first-order valence-electron chi connectivity index (χ1n) is 10.0. The molecular weight excluding hydrogens is 448 g/mol. The Labute approximate surface area is 192 Å². The van der Waals surface area contributed by atoms with Crippen LogP contribution >= 0.6 is 11.6 Å². The number of benzene rings is 2. The summed E-state index contributed by atoms with van der Waals surface area (Å²) in [5, 5.41) is 3.57. The van der Waals surface area contributed by atoms with Crippen molar-refractivity contribution in [1.82, 2.24) is 14.5 Å². The molecule has 2 heterocycles. The number of H-pyrrole nitrogens is 1. The monoisotopic (exact) mass is 466 g/mol. The maximum Gasteiger partial charge on any atom is 0.412 e. The first-order valence-corrected chi connectivity index (χ1v) is 10.4. The third kappa shape index (κ3) is 5.04. The highest BCUT2D eigenvalue weighted by Crippen LogP contribution is 2.26. The number of hydrogen-bond donors (Lipinski definition) is 2. The number of aromatic amines is 1. The Kier molecular flexibility index (Phi) is 6.41. The van der Waals surface area contributed by atoms with Crippen LogP contribution in [0, 0.1) is 0 Å². The molecule has 0 unspecified atom stereocenters. The summed E-state index contributed by atoms with van der Waals surface area (Å²) < 4.78 is 11.8. The van der Waals surface area contributed by atoms with Crippen LogP contribution in [0.3, 0.4) is 0 Å². The van der Waals surface area contributed by atoms with E-state index in [0.29, 0.717) is 33.0 Å².